The van der Waals surface area contributed by atoms with Crippen LogP contribution in [0.2, 0.25) is 10.0 Å². The van der Waals surface area contributed by atoms with Gasteiger partial charge in [0.1, 0.15) is 11.6 Å². The molecule has 2 aromatic rings. The molecule has 2 rings (SSSR count). The summed E-state index contributed by atoms with van der Waals surface area (Å²) in [6, 6.07) is 8.11. The van der Waals surface area contributed by atoms with Gasteiger partial charge in [-0.15, -0.1) is 0 Å². The predicted octanol–water partition coefficient (Wildman–Crippen LogP) is 4.94. The van der Waals surface area contributed by atoms with Crippen LogP contribution in [-0.2, 0) is 0 Å². The molecular formula is C12H6Cl2F2. The van der Waals surface area contributed by atoms with Gasteiger partial charge in [0.25, 0.3) is 0 Å². The van der Waals surface area contributed by atoms with Crippen LogP contribution in [-0.4, -0.2) is 0 Å². The Balaban J connectivity index is 2.72. The molecule has 0 radical (unpaired) electrons. The van der Waals surface area contributed by atoms with E-state index in [4.69, 9.17) is 23.2 Å². The van der Waals surface area contributed by atoms with Crippen LogP contribution in [0.25, 0.3) is 11.1 Å². The molecule has 0 aliphatic carbocycles. The van der Waals surface area contributed by atoms with Crippen molar-refractivity contribution in [3.63, 3.8) is 0 Å². The summed E-state index contributed by atoms with van der Waals surface area (Å²) in [6.45, 7) is 0. The zero-order chi connectivity index (χ0) is 11.7. The fourth-order valence-corrected chi connectivity index (χ4v) is 1.88. The highest BCUT2D eigenvalue weighted by Crippen LogP contribution is 2.33. The first-order chi connectivity index (χ1) is 7.59. The summed E-state index contributed by atoms with van der Waals surface area (Å²) < 4.78 is 27.1. The third-order valence-corrected chi connectivity index (χ3v) is 2.71. The maximum atomic E-state index is 13.6. The first-order valence-electron chi connectivity index (χ1n) is 4.49. The van der Waals surface area contributed by atoms with Crippen LogP contribution in [0.3, 0.4) is 0 Å². The summed E-state index contributed by atoms with van der Waals surface area (Å²) >= 11 is 11.6. The van der Waals surface area contributed by atoms with Crippen molar-refractivity contribution in [2.24, 2.45) is 0 Å². The van der Waals surface area contributed by atoms with Gasteiger partial charge < -0.3 is 0 Å². The molecule has 0 unspecified atom stereocenters. The summed E-state index contributed by atoms with van der Waals surface area (Å²) in [5.41, 5.74) is 0.0970. The largest absolute Gasteiger partial charge is 0.206 e. The molecule has 0 saturated heterocycles. The van der Waals surface area contributed by atoms with Crippen LogP contribution in [0, 0.1) is 11.6 Å². The lowest BCUT2D eigenvalue weighted by Crippen LogP contribution is -1.89. The number of hydrogen-bond acceptors (Lipinski definition) is 0. The molecule has 0 bridgehead atoms. The van der Waals surface area contributed by atoms with Crippen molar-refractivity contribution in [2.75, 3.05) is 0 Å². The minimum atomic E-state index is -0.575. The Labute approximate surface area is 101 Å². The average molecular weight is 259 g/mol. The van der Waals surface area contributed by atoms with Gasteiger partial charge in [-0.05, 0) is 30.3 Å². The Kier molecular flexibility index (Phi) is 3.13. The highest BCUT2D eigenvalue weighted by atomic mass is 35.5. The Morgan fingerprint density at radius 3 is 2.31 bits per heavy atom. The standard InChI is InChI=1S/C12H6Cl2F2/c13-7-4-5-10(15)8(6-7)12-9(14)2-1-3-11(12)16/h1-6H. The van der Waals surface area contributed by atoms with Crippen molar-refractivity contribution in [1.29, 1.82) is 0 Å². The van der Waals surface area contributed by atoms with E-state index >= 15 is 0 Å². The zero-order valence-corrected chi connectivity index (χ0v) is 9.49. The Hall–Kier alpha value is -1.12. The first-order valence-corrected chi connectivity index (χ1v) is 5.24. The quantitative estimate of drug-likeness (QED) is 0.680. The number of benzene rings is 2. The number of rotatable bonds is 1. The minimum Gasteiger partial charge on any atom is -0.206 e. The first kappa shape index (κ1) is 11.4. The second kappa shape index (κ2) is 4.40. The predicted molar refractivity (Wildman–Crippen MR) is 61.8 cm³/mol. The lowest BCUT2D eigenvalue weighted by atomic mass is 10.0. The van der Waals surface area contributed by atoms with E-state index in [2.05, 4.69) is 0 Å². The van der Waals surface area contributed by atoms with Crippen molar-refractivity contribution in [2.45, 2.75) is 0 Å². The van der Waals surface area contributed by atoms with E-state index in [-0.39, 0.29) is 16.1 Å². The molecule has 0 heterocycles. The van der Waals surface area contributed by atoms with Gasteiger partial charge in [-0.2, -0.15) is 0 Å². The fraction of sp³-hybridized carbons (Fsp3) is 0. The maximum Gasteiger partial charge on any atom is 0.132 e. The van der Waals surface area contributed by atoms with Gasteiger partial charge in [0.15, 0.2) is 0 Å². The minimum absolute atomic E-state index is 0.0316. The summed E-state index contributed by atoms with van der Waals surface area (Å²) in [5, 5.41) is 0.483. The molecule has 0 amide bonds. The van der Waals surface area contributed by atoms with Crippen LogP contribution in [0.15, 0.2) is 36.4 Å². The Morgan fingerprint density at radius 2 is 1.62 bits per heavy atom. The van der Waals surface area contributed by atoms with Crippen LogP contribution in [0.4, 0.5) is 8.78 Å². The molecule has 0 atom stereocenters. The second-order valence-corrected chi connectivity index (χ2v) is 4.06. The smallest absolute Gasteiger partial charge is 0.132 e. The van der Waals surface area contributed by atoms with Gasteiger partial charge in [0, 0.05) is 16.1 Å². The van der Waals surface area contributed by atoms with E-state index < -0.39 is 11.6 Å². The zero-order valence-electron chi connectivity index (χ0n) is 7.98. The summed E-state index contributed by atoms with van der Waals surface area (Å²) in [5.74, 6) is -1.13. The third kappa shape index (κ3) is 2.04. The normalized spacial score (nSPS) is 10.5. The van der Waals surface area contributed by atoms with Crippen LogP contribution >= 0.6 is 23.2 Å². The molecule has 0 fully saturated rings. The van der Waals surface area contributed by atoms with Crippen molar-refractivity contribution in [3.05, 3.63) is 58.1 Å². The molecule has 2 aromatic carbocycles. The SMILES string of the molecule is Fc1ccc(Cl)cc1-c1c(F)cccc1Cl. The van der Waals surface area contributed by atoms with Crippen LogP contribution in [0.1, 0.15) is 0 Å². The van der Waals surface area contributed by atoms with E-state index in [0.717, 1.165) is 0 Å². The lowest BCUT2D eigenvalue weighted by Gasteiger charge is -2.07. The molecular weight excluding hydrogens is 253 g/mol. The summed E-state index contributed by atoms with van der Waals surface area (Å²) in [7, 11) is 0. The van der Waals surface area contributed by atoms with Gasteiger partial charge in [0.2, 0.25) is 0 Å². The highest BCUT2D eigenvalue weighted by molar-refractivity contribution is 6.33. The average Bonchev–Trinajstić information content (AvgIpc) is 2.23. The molecule has 16 heavy (non-hydrogen) atoms. The molecule has 0 aliphatic rings. The summed E-state index contributed by atoms with van der Waals surface area (Å²) in [4.78, 5) is 0. The van der Waals surface area contributed by atoms with Crippen molar-refractivity contribution in [3.8, 4) is 11.1 Å². The van der Waals surface area contributed by atoms with E-state index in [1.165, 1.54) is 36.4 Å². The van der Waals surface area contributed by atoms with Gasteiger partial charge >= 0.3 is 0 Å². The second-order valence-electron chi connectivity index (χ2n) is 3.22. The van der Waals surface area contributed by atoms with E-state index in [1.807, 2.05) is 0 Å². The molecule has 4 heteroatoms. The third-order valence-electron chi connectivity index (χ3n) is 2.16. The van der Waals surface area contributed by atoms with Crippen LogP contribution in [0.5, 0.6) is 0 Å². The molecule has 0 aromatic heterocycles. The molecule has 0 spiro atoms. The number of halogens is 4. The van der Waals surface area contributed by atoms with Crippen molar-refractivity contribution >= 4 is 23.2 Å². The van der Waals surface area contributed by atoms with Crippen molar-refractivity contribution < 1.29 is 8.78 Å². The van der Waals surface area contributed by atoms with Gasteiger partial charge in [0.05, 0.1) is 5.02 Å². The van der Waals surface area contributed by atoms with E-state index in [1.54, 1.807) is 0 Å². The maximum absolute atomic E-state index is 13.6. The topological polar surface area (TPSA) is 0 Å². The fourth-order valence-electron chi connectivity index (χ4n) is 1.44. The van der Waals surface area contributed by atoms with Gasteiger partial charge in [-0.25, -0.2) is 8.78 Å². The van der Waals surface area contributed by atoms with Crippen molar-refractivity contribution in [1.82, 2.24) is 0 Å². The van der Waals surface area contributed by atoms with E-state index in [0.29, 0.717) is 5.02 Å². The Morgan fingerprint density at radius 1 is 0.875 bits per heavy atom. The summed E-state index contributed by atoms with van der Waals surface area (Å²) in [6.07, 6.45) is 0. The number of hydrogen-bond donors (Lipinski definition) is 0. The highest BCUT2D eigenvalue weighted by Gasteiger charge is 2.13. The molecule has 82 valence electrons. The lowest BCUT2D eigenvalue weighted by molar-refractivity contribution is 0.616. The molecule has 0 aliphatic heterocycles. The molecule has 0 saturated carbocycles. The van der Waals surface area contributed by atoms with Crippen LogP contribution < -0.4 is 0 Å². The van der Waals surface area contributed by atoms with Gasteiger partial charge in [-0.3, -0.25) is 0 Å². The Bertz CT molecular complexity index is 518. The van der Waals surface area contributed by atoms with Gasteiger partial charge in [-0.1, -0.05) is 29.3 Å². The molecule has 0 nitrogen and oxygen atoms in total. The van der Waals surface area contributed by atoms with E-state index in [9.17, 15) is 8.78 Å². The molecule has 0 N–H and O–H groups in total. The monoisotopic (exact) mass is 258 g/mol.